The molecule has 0 unspecified atom stereocenters. The quantitative estimate of drug-likeness (QED) is 0.728. The third kappa shape index (κ3) is 4.79. The highest BCUT2D eigenvalue weighted by Gasteiger charge is 2.37. The number of carbonyl (C=O) groups excluding carboxylic acids is 1. The van der Waals surface area contributed by atoms with Gasteiger partial charge in [-0.05, 0) is 44.5 Å². The highest BCUT2D eigenvalue weighted by Crippen LogP contribution is 2.38. The summed E-state index contributed by atoms with van der Waals surface area (Å²) in [6.45, 7) is 9.84. The van der Waals surface area contributed by atoms with Gasteiger partial charge in [0.1, 0.15) is 12.4 Å². The van der Waals surface area contributed by atoms with Crippen molar-refractivity contribution in [2.24, 2.45) is 5.41 Å². The zero-order valence-electron chi connectivity index (χ0n) is 16.9. The molecule has 2 aromatic rings. The van der Waals surface area contributed by atoms with Gasteiger partial charge in [0.15, 0.2) is 0 Å². The molecule has 0 atom stereocenters. The van der Waals surface area contributed by atoms with E-state index in [2.05, 4.69) is 11.3 Å². The van der Waals surface area contributed by atoms with Crippen LogP contribution in [0.25, 0.3) is 0 Å². The molecule has 6 nitrogen and oxygen atoms in total. The molecule has 2 aromatic carbocycles. The Kier molecular flexibility index (Phi) is 5.71. The molecule has 1 heterocycles. The van der Waals surface area contributed by atoms with Gasteiger partial charge in [-0.15, -0.1) is 6.58 Å². The van der Waals surface area contributed by atoms with Crippen LogP contribution in [0.3, 0.4) is 0 Å². The van der Waals surface area contributed by atoms with Gasteiger partial charge < -0.3 is 9.64 Å². The molecule has 0 bridgehead atoms. The van der Waals surface area contributed by atoms with E-state index < -0.39 is 15.4 Å². The van der Waals surface area contributed by atoms with Crippen LogP contribution in [0.15, 0.2) is 55.1 Å². The third-order valence-electron chi connectivity index (χ3n) is 4.69. The lowest BCUT2D eigenvalue weighted by atomic mass is 9.93. The molecule has 0 spiro atoms. The van der Waals surface area contributed by atoms with Crippen LogP contribution in [0.1, 0.15) is 25.0 Å². The highest BCUT2D eigenvalue weighted by molar-refractivity contribution is 7.91. The minimum absolute atomic E-state index is 0.101. The van der Waals surface area contributed by atoms with E-state index in [4.69, 9.17) is 4.74 Å². The summed E-state index contributed by atoms with van der Waals surface area (Å²) >= 11 is 0. The summed E-state index contributed by atoms with van der Waals surface area (Å²) < 4.78 is 33.7. The zero-order chi connectivity index (χ0) is 21.2. The normalized spacial score (nSPS) is 15.8. The van der Waals surface area contributed by atoms with Gasteiger partial charge in [0.25, 0.3) is 0 Å². The van der Waals surface area contributed by atoms with Crippen molar-refractivity contribution in [1.29, 1.82) is 0 Å². The summed E-state index contributed by atoms with van der Waals surface area (Å²) in [5.74, 6) is 0.299. The minimum Gasteiger partial charge on any atom is -0.490 e. The number of benzene rings is 2. The molecule has 1 aliphatic rings. The number of aryl methyl sites for hydroxylation is 1. The predicted molar refractivity (Wildman–Crippen MR) is 116 cm³/mol. The first-order chi connectivity index (χ1) is 13.6. The highest BCUT2D eigenvalue weighted by atomic mass is 32.2. The van der Waals surface area contributed by atoms with Gasteiger partial charge in [-0.2, -0.15) is 0 Å². The first-order valence-electron chi connectivity index (χ1n) is 9.37. The number of amides is 1. The van der Waals surface area contributed by atoms with Gasteiger partial charge in [-0.3, -0.25) is 9.52 Å². The zero-order valence-corrected chi connectivity index (χ0v) is 17.8. The molecular formula is C22H26N2O4S. The Labute approximate surface area is 172 Å². The summed E-state index contributed by atoms with van der Waals surface area (Å²) in [5.41, 5.74) is 1.91. The van der Waals surface area contributed by atoms with Crippen molar-refractivity contribution < 1.29 is 17.9 Å². The molecule has 1 aliphatic heterocycles. The summed E-state index contributed by atoms with van der Waals surface area (Å²) in [6, 6.07) is 12.3. The number of sulfonamides is 1. The Balaban J connectivity index is 1.90. The first-order valence-corrected chi connectivity index (χ1v) is 11.0. The second-order valence-electron chi connectivity index (χ2n) is 7.91. The Hall–Kier alpha value is -2.80. The van der Waals surface area contributed by atoms with Crippen molar-refractivity contribution in [2.45, 2.75) is 26.5 Å². The smallest absolute Gasteiger partial charge is 0.236 e. The van der Waals surface area contributed by atoms with Gasteiger partial charge in [0.05, 0.1) is 22.5 Å². The first kappa shape index (κ1) is 20.9. The number of carbonyl (C=O) groups is 1. The van der Waals surface area contributed by atoms with Crippen LogP contribution in [-0.4, -0.2) is 27.5 Å². The van der Waals surface area contributed by atoms with E-state index in [1.165, 1.54) is 0 Å². The van der Waals surface area contributed by atoms with Crippen LogP contribution < -0.4 is 14.4 Å². The Morgan fingerprint density at radius 2 is 2.00 bits per heavy atom. The average molecular weight is 415 g/mol. The van der Waals surface area contributed by atoms with E-state index in [-0.39, 0.29) is 18.3 Å². The van der Waals surface area contributed by atoms with E-state index in [0.29, 0.717) is 29.2 Å². The monoisotopic (exact) mass is 414 g/mol. The van der Waals surface area contributed by atoms with Crippen molar-refractivity contribution in [1.82, 2.24) is 0 Å². The molecule has 0 radical (unpaired) electrons. The van der Waals surface area contributed by atoms with Crippen molar-refractivity contribution in [3.05, 3.63) is 66.2 Å². The van der Waals surface area contributed by atoms with Crippen LogP contribution in [0.5, 0.6) is 5.75 Å². The SMILES string of the molecule is C=CCN1C(=O)C(C)(C)COc2ccc(NS(=O)(=O)Cc3cccc(C)c3)cc21. The van der Waals surface area contributed by atoms with Gasteiger partial charge in [0, 0.05) is 6.54 Å². The van der Waals surface area contributed by atoms with Crippen molar-refractivity contribution in [3.8, 4) is 5.75 Å². The van der Waals surface area contributed by atoms with Crippen LogP contribution in [0, 0.1) is 12.3 Å². The third-order valence-corrected chi connectivity index (χ3v) is 5.95. The van der Waals surface area contributed by atoms with E-state index in [0.717, 1.165) is 5.56 Å². The molecule has 0 fully saturated rings. The molecule has 0 aliphatic carbocycles. The fourth-order valence-corrected chi connectivity index (χ4v) is 4.43. The molecule has 29 heavy (non-hydrogen) atoms. The maximum absolute atomic E-state index is 12.9. The average Bonchev–Trinajstić information content (AvgIpc) is 2.71. The van der Waals surface area contributed by atoms with Gasteiger partial charge in [0.2, 0.25) is 15.9 Å². The minimum atomic E-state index is -3.62. The van der Waals surface area contributed by atoms with Gasteiger partial charge in [-0.1, -0.05) is 35.9 Å². The number of hydrogen-bond donors (Lipinski definition) is 1. The molecule has 0 saturated carbocycles. The maximum Gasteiger partial charge on any atom is 0.236 e. The second kappa shape index (κ2) is 7.91. The van der Waals surface area contributed by atoms with Crippen LogP contribution in [-0.2, 0) is 20.6 Å². The second-order valence-corrected chi connectivity index (χ2v) is 9.63. The van der Waals surface area contributed by atoms with E-state index in [1.54, 1.807) is 35.2 Å². The molecule has 3 rings (SSSR count). The number of hydrogen-bond acceptors (Lipinski definition) is 4. The molecule has 0 saturated heterocycles. The number of nitrogens with zero attached hydrogens (tertiary/aromatic N) is 1. The number of fused-ring (bicyclic) bond motifs is 1. The predicted octanol–water partition coefficient (Wildman–Crippen LogP) is 3.87. The van der Waals surface area contributed by atoms with Crippen molar-refractivity contribution >= 4 is 27.3 Å². The summed E-state index contributed by atoms with van der Waals surface area (Å²) in [6.07, 6.45) is 1.64. The van der Waals surface area contributed by atoms with Gasteiger partial charge >= 0.3 is 0 Å². The van der Waals surface area contributed by atoms with E-state index in [9.17, 15) is 13.2 Å². The Morgan fingerprint density at radius 1 is 1.24 bits per heavy atom. The lowest BCUT2D eigenvalue weighted by molar-refractivity contribution is -0.127. The van der Waals surface area contributed by atoms with E-state index >= 15 is 0 Å². The standard InChI is InChI=1S/C22H26N2O4S/c1-5-11-24-19-13-18(9-10-20(19)28-15-22(3,4)21(24)25)23-29(26,27)14-17-8-6-7-16(2)12-17/h5-10,12-13,23H,1,11,14-15H2,2-4H3. The summed E-state index contributed by atoms with van der Waals surface area (Å²) in [4.78, 5) is 14.5. The molecule has 0 aromatic heterocycles. The van der Waals surface area contributed by atoms with Crippen LogP contribution in [0.4, 0.5) is 11.4 Å². The topological polar surface area (TPSA) is 75.7 Å². The van der Waals surface area contributed by atoms with E-state index in [1.807, 2.05) is 39.0 Å². The fraction of sp³-hybridized carbons (Fsp3) is 0.318. The van der Waals surface area contributed by atoms with Gasteiger partial charge in [-0.25, -0.2) is 8.42 Å². The number of ether oxygens (including phenoxy) is 1. The van der Waals surface area contributed by atoms with Crippen LogP contribution in [0.2, 0.25) is 0 Å². The largest absolute Gasteiger partial charge is 0.490 e. The number of rotatable bonds is 6. The Bertz CT molecular complexity index is 1040. The summed E-state index contributed by atoms with van der Waals surface area (Å²) in [7, 11) is -3.62. The Morgan fingerprint density at radius 3 is 2.69 bits per heavy atom. The fourth-order valence-electron chi connectivity index (χ4n) is 3.26. The van der Waals surface area contributed by atoms with Crippen molar-refractivity contribution in [2.75, 3.05) is 22.8 Å². The lowest BCUT2D eigenvalue weighted by Crippen LogP contribution is -2.42. The molecule has 7 heteroatoms. The maximum atomic E-state index is 12.9. The molecule has 154 valence electrons. The number of nitrogens with one attached hydrogen (secondary N) is 1. The lowest BCUT2D eigenvalue weighted by Gasteiger charge is -2.27. The molecule has 1 amide bonds. The van der Waals surface area contributed by atoms with Crippen molar-refractivity contribution in [3.63, 3.8) is 0 Å². The number of anilines is 2. The molecule has 1 N–H and O–H groups in total. The van der Waals surface area contributed by atoms with Crippen LogP contribution >= 0.6 is 0 Å². The molecular weight excluding hydrogens is 388 g/mol. The summed E-state index contributed by atoms with van der Waals surface area (Å²) in [5, 5.41) is 0.